The van der Waals surface area contributed by atoms with Gasteiger partial charge in [0.25, 0.3) is 0 Å². The Morgan fingerprint density at radius 3 is 2.86 bits per heavy atom. The molecule has 0 saturated heterocycles. The van der Waals surface area contributed by atoms with Gasteiger partial charge < -0.3 is 10.3 Å². The van der Waals surface area contributed by atoms with Crippen molar-refractivity contribution in [3.05, 3.63) is 54.6 Å². The van der Waals surface area contributed by atoms with Crippen LogP contribution in [0.5, 0.6) is 0 Å². The second kappa shape index (κ2) is 8.27. The van der Waals surface area contributed by atoms with Crippen LogP contribution in [0.3, 0.4) is 0 Å². The van der Waals surface area contributed by atoms with Gasteiger partial charge in [0.2, 0.25) is 0 Å². The van der Waals surface area contributed by atoms with E-state index in [2.05, 4.69) is 30.6 Å². The highest BCUT2D eigenvalue weighted by Crippen LogP contribution is 2.28. The average Bonchev–Trinajstić information content (AvgIpc) is 3.36. The lowest BCUT2D eigenvalue weighted by atomic mass is 10.1. The van der Waals surface area contributed by atoms with E-state index >= 15 is 0 Å². The standard InChI is InChI=1S/C19H20N6O2S2/c1-29(26,27)15-4-2-3-13(9-15)16-5-6-17-18(24-16)28-19(25-17)23-11-20-8-7-14-10-21-12-22-14/h2-6,9-10,12,20H,7-8,11H2,1H3,(H,21,22)(H,23,25). The zero-order valence-corrected chi connectivity index (χ0v) is 17.3. The fourth-order valence-electron chi connectivity index (χ4n) is 2.81. The van der Waals surface area contributed by atoms with E-state index < -0.39 is 9.84 Å². The van der Waals surface area contributed by atoms with Gasteiger partial charge in [0.1, 0.15) is 10.3 Å². The van der Waals surface area contributed by atoms with Crippen LogP contribution in [0.1, 0.15) is 5.69 Å². The molecule has 4 aromatic rings. The molecular weight excluding hydrogens is 408 g/mol. The highest BCUT2D eigenvalue weighted by atomic mass is 32.2. The molecule has 0 radical (unpaired) electrons. The van der Waals surface area contributed by atoms with Crippen LogP contribution < -0.4 is 10.6 Å². The molecule has 0 fully saturated rings. The summed E-state index contributed by atoms with van der Waals surface area (Å²) in [6.45, 7) is 1.41. The Morgan fingerprint density at radius 2 is 2.07 bits per heavy atom. The Balaban J connectivity index is 1.42. The predicted octanol–water partition coefficient (Wildman–Crippen LogP) is 2.69. The van der Waals surface area contributed by atoms with Crippen LogP contribution in [0.4, 0.5) is 5.13 Å². The monoisotopic (exact) mass is 428 g/mol. The molecule has 0 atom stereocenters. The highest BCUT2D eigenvalue weighted by Gasteiger charge is 2.11. The summed E-state index contributed by atoms with van der Waals surface area (Å²) < 4.78 is 23.6. The zero-order valence-electron chi connectivity index (χ0n) is 15.7. The minimum atomic E-state index is -3.26. The normalized spacial score (nSPS) is 11.8. The van der Waals surface area contributed by atoms with Crippen LogP contribution in [0.25, 0.3) is 21.6 Å². The Hall–Kier alpha value is -2.82. The second-order valence-electron chi connectivity index (χ2n) is 6.52. The van der Waals surface area contributed by atoms with E-state index in [1.165, 1.54) is 17.6 Å². The number of H-pyrrole nitrogens is 1. The molecule has 0 bridgehead atoms. The number of nitrogens with one attached hydrogen (secondary N) is 3. The lowest BCUT2D eigenvalue weighted by Crippen LogP contribution is -2.24. The molecule has 0 aliphatic heterocycles. The van der Waals surface area contributed by atoms with Gasteiger partial charge in [0.05, 0.1) is 23.6 Å². The van der Waals surface area contributed by atoms with E-state index in [0.29, 0.717) is 6.67 Å². The Kier molecular flexibility index (Phi) is 5.56. The van der Waals surface area contributed by atoms with Gasteiger partial charge >= 0.3 is 0 Å². The zero-order chi connectivity index (χ0) is 20.3. The molecule has 29 heavy (non-hydrogen) atoms. The van der Waals surface area contributed by atoms with Crippen molar-refractivity contribution >= 4 is 36.7 Å². The third kappa shape index (κ3) is 4.78. The molecule has 0 amide bonds. The van der Waals surface area contributed by atoms with E-state index in [4.69, 9.17) is 0 Å². The summed E-state index contributed by atoms with van der Waals surface area (Å²) in [5.41, 5.74) is 3.38. The molecule has 1 aromatic carbocycles. The van der Waals surface area contributed by atoms with E-state index in [9.17, 15) is 8.42 Å². The maximum absolute atomic E-state index is 11.8. The van der Waals surface area contributed by atoms with E-state index in [1.807, 2.05) is 24.4 Å². The highest BCUT2D eigenvalue weighted by molar-refractivity contribution is 7.90. The molecule has 0 aliphatic rings. The van der Waals surface area contributed by atoms with Crippen molar-refractivity contribution in [3.63, 3.8) is 0 Å². The second-order valence-corrected chi connectivity index (χ2v) is 9.51. The number of fused-ring (bicyclic) bond motifs is 1. The fraction of sp³-hybridized carbons (Fsp3) is 0.211. The molecule has 150 valence electrons. The van der Waals surface area contributed by atoms with Crippen molar-refractivity contribution in [2.75, 3.05) is 24.8 Å². The number of sulfone groups is 1. The summed E-state index contributed by atoms with van der Waals surface area (Å²) in [7, 11) is -3.26. The number of benzene rings is 1. The smallest absolute Gasteiger partial charge is 0.186 e. The van der Waals surface area contributed by atoms with Crippen LogP contribution >= 0.6 is 11.3 Å². The number of nitrogens with zero attached hydrogens (tertiary/aromatic N) is 3. The third-order valence-corrected chi connectivity index (χ3v) is 6.34. The fourth-order valence-corrected chi connectivity index (χ4v) is 4.31. The van der Waals surface area contributed by atoms with E-state index in [0.717, 1.165) is 45.4 Å². The minimum Gasteiger partial charge on any atom is -0.349 e. The van der Waals surface area contributed by atoms with Gasteiger partial charge in [-0.1, -0.05) is 23.5 Å². The van der Waals surface area contributed by atoms with Crippen molar-refractivity contribution in [3.8, 4) is 11.3 Å². The van der Waals surface area contributed by atoms with E-state index in [1.54, 1.807) is 24.5 Å². The number of thiazole rings is 1. The summed E-state index contributed by atoms with van der Waals surface area (Å²) in [6.07, 6.45) is 5.57. The number of hydrogen-bond acceptors (Lipinski definition) is 8. The van der Waals surface area contributed by atoms with Crippen LogP contribution in [-0.4, -0.2) is 47.8 Å². The summed E-state index contributed by atoms with van der Waals surface area (Å²) in [5, 5.41) is 7.34. The summed E-state index contributed by atoms with van der Waals surface area (Å²) in [6, 6.07) is 10.6. The molecule has 10 heteroatoms. The number of hydrogen-bond donors (Lipinski definition) is 3. The minimum absolute atomic E-state index is 0.282. The molecule has 8 nitrogen and oxygen atoms in total. The first-order valence-corrected chi connectivity index (χ1v) is 11.7. The molecule has 0 unspecified atom stereocenters. The van der Waals surface area contributed by atoms with Crippen LogP contribution in [-0.2, 0) is 16.3 Å². The van der Waals surface area contributed by atoms with Gasteiger partial charge in [-0.15, -0.1) is 0 Å². The van der Waals surface area contributed by atoms with Gasteiger partial charge in [-0.25, -0.2) is 23.4 Å². The van der Waals surface area contributed by atoms with Crippen molar-refractivity contribution in [1.29, 1.82) is 0 Å². The predicted molar refractivity (Wildman–Crippen MR) is 115 cm³/mol. The van der Waals surface area contributed by atoms with Gasteiger partial charge in [0.15, 0.2) is 15.0 Å². The molecule has 3 N–H and O–H groups in total. The lowest BCUT2D eigenvalue weighted by Gasteiger charge is -2.04. The SMILES string of the molecule is CS(=O)(=O)c1cccc(-c2ccc3nc(NCNCCc4cnc[nH]4)sc3n2)c1. The molecule has 0 saturated carbocycles. The van der Waals surface area contributed by atoms with Gasteiger partial charge in [-0.05, 0) is 24.3 Å². The van der Waals surface area contributed by atoms with Crippen LogP contribution in [0, 0.1) is 0 Å². The van der Waals surface area contributed by atoms with Crippen molar-refractivity contribution < 1.29 is 8.42 Å². The quantitative estimate of drug-likeness (QED) is 0.292. The Bertz CT molecular complexity index is 1220. The molecule has 0 spiro atoms. The molecule has 3 heterocycles. The lowest BCUT2D eigenvalue weighted by molar-refractivity contribution is 0.602. The third-order valence-electron chi connectivity index (χ3n) is 4.30. The van der Waals surface area contributed by atoms with Crippen LogP contribution in [0.15, 0.2) is 53.8 Å². The summed E-state index contributed by atoms with van der Waals surface area (Å²) >= 11 is 1.46. The van der Waals surface area contributed by atoms with Crippen molar-refractivity contribution in [2.24, 2.45) is 0 Å². The summed E-state index contributed by atoms with van der Waals surface area (Å²) in [4.78, 5) is 17.3. The number of imidazole rings is 1. The van der Waals surface area contributed by atoms with Gasteiger partial charge in [-0.2, -0.15) is 0 Å². The van der Waals surface area contributed by atoms with Crippen LogP contribution in [0.2, 0.25) is 0 Å². The van der Waals surface area contributed by atoms with Crippen molar-refractivity contribution in [1.82, 2.24) is 25.3 Å². The largest absolute Gasteiger partial charge is 0.349 e. The maximum Gasteiger partial charge on any atom is 0.186 e. The Labute approximate surface area is 172 Å². The molecule has 4 rings (SSSR count). The average molecular weight is 429 g/mol. The first-order valence-electron chi connectivity index (χ1n) is 8.99. The van der Waals surface area contributed by atoms with Gasteiger partial charge in [-0.3, -0.25) is 5.32 Å². The number of aromatic amines is 1. The summed E-state index contributed by atoms with van der Waals surface area (Å²) in [5.74, 6) is 0. The van der Waals surface area contributed by atoms with Gasteiger partial charge in [0, 0.05) is 36.7 Å². The topological polar surface area (TPSA) is 113 Å². The van der Waals surface area contributed by atoms with E-state index in [-0.39, 0.29) is 4.90 Å². The number of anilines is 1. The first kappa shape index (κ1) is 19.5. The van der Waals surface area contributed by atoms with Crippen molar-refractivity contribution in [2.45, 2.75) is 11.3 Å². The molecule has 0 aliphatic carbocycles. The number of aromatic nitrogens is 4. The molecular formula is C19H20N6O2S2. The maximum atomic E-state index is 11.8. The first-order chi connectivity index (χ1) is 14.0. The number of pyridine rings is 1. The number of rotatable bonds is 8. The molecule has 3 aromatic heterocycles. The Morgan fingerprint density at radius 1 is 1.17 bits per heavy atom.